The first-order valence-corrected chi connectivity index (χ1v) is 7.81. The molecule has 0 aliphatic carbocycles. The van der Waals surface area contributed by atoms with Gasteiger partial charge in [-0.15, -0.1) is 11.3 Å². The van der Waals surface area contributed by atoms with E-state index in [4.69, 9.17) is 0 Å². The maximum Gasteiger partial charge on any atom is 0.0327 e. The van der Waals surface area contributed by atoms with Crippen LogP contribution in [0, 0.1) is 6.92 Å². The van der Waals surface area contributed by atoms with E-state index in [0.29, 0.717) is 0 Å². The van der Waals surface area contributed by atoms with E-state index in [1.807, 2.05) is 0 Å². The summed E-state index contributed by atoms with van der Waals surface area (Å²) in [4.78, 5) is 1.35. The van der Waals surface area contributed by atoms with Crippen LogP contribution in [0.5, 0.6) is 0 Å². The van der Waals surface area contributed by atoms with Crippen LogP contribution in [0.25, 0.3) is 0 Å². The second-order valence-corrected chi connectivity index (χ2v) is 6.59. The van der Waals surface area contributed by atoms with Gasteiger partial charge in [0.25, 0.3) is 0 Å². The Hall–Kier alpha value is -0.160. The number of hydrogen-bond acceptors (Lipinski definition) is 2. The van der Waals surface area contributed by atoms with Crippen LogP contribution in [0.4, 0.5) is 0 Å². The SMILES string of the molecule is Cc1cc(CNCc2sccc2Br)ccc1Br. The van der Waals surface area contributed by atoms with Crippen molar-refractivity contribution in [1.82, 2.24) is 5.32 Å². The van der Waals surface area contributed by atoms with Crippen molar-refractivity contribution in [2.75, 3.05) is 0 Å². The lowest BCUT2D eigenvalue weighted by Gasteiger charge is -2.06. The number of thiophene rings is 1. The molecule has 0 fully saturated rings. The van der Waals surface area contributed by atoms with Crippen LogP contribution in [-0.4, -0.2) is 0 Å². The third-order valence-corrected chi connectivity index (χ3v) is 5.34. The standard InChI is InChI=1S/C13H13Br2NS/c1-9-6-10(2-3-11(9)14)7-16-8-13-12(15)4-5-17-13/h2-6,16H,7-8H2,1H3. The van der Waals surface area contributed by atoms with Gasteiger partial charge in [0.05, 0.1) is 0 Å². The Morgan fingerprint density at radius 3 is 2.59 bits per heavy atom. The van der Waals surface area contributed by atoms with Gasteiger partial charge >= 0.3 is 0 Å². The van der Waals surface area contributed by atoms with Gasteiger partial charge in [-0.1, -0.05) is 28.1 Å². The fourth-order valence-corrected chi connectivity index (χ4v) is 3.30. The Kier molecular flexibility index (Phi) is 4.79. The molecule has 0 spiro atoms. The Morgan fingerprint density at radius 1 is 1.12 bits per heavy atom. The Morgan fingerprint density at radius 2 is 1.94 bits per heavy atom. The summed E-state index contributed by atoms with van der Waals surface area (Å²) in [7, 11) is 0. The minimum absolute atomic E-state index is 0.901. The molecule has 90 valence electrons. The maximum atomic E-state index is 3.54. The summed E-state index contributed by atoms with van der Waals surface area (Å²) < 4.78 is 2.37. The minimum Gasteiger partial charge on any atom is -0.308 e. The number of benzene rings is 1. The summed E-state index contributed by atoms with van der Waals surface area (Å²) >= 11 is 8.83. The molecule has 0 unspecified atom stereocenters. The first-order valence-electron chi connectivity index (χ1n) is 5.34. The van der Waals surface area contributed by atoms with E-state index in [1.54, 1.807) is 11.3 Å². The Balaban J connectivity index is 1.90. The summed E-state index contributed by atoms with van der Waals surface area (Å²) in [6, 6.07) is 8.55. The maximum absolute atomic E-state index is 3.54. The van der Waals surface area contributed by atoms with Gasteiger partial charge in [0.15, 0.2) is 0 Å². The van der Waals surface area contributed by atoms with Gasteiger partial charge in [-0.3, -0.25) is 0 Å². The second kappa shape index (κ2) is 6.14. The Bertz CT molecular complexity index is 508. The highest BCUT2D eigenvalue weighted by Crippen LogP contribution is 2.22. The molecule has 1 heterocycles. The van der Waals surface area contributed by atoms with Crippen molar-refractivity contribution in [3.05, 3.63) is 54.6 Å². The molecule has 0 bridgehead atoms. The summed E-state index contributed by atoms with van der Waals surface area (Å²) in [5, 5.41) is 5.56. The summed E-state index contributed by atoms with van der Waals surface area (Å²) in [5.74, 6) is 0. The van der Waals surface area contributed by atoms with Crippen LogP contribution < -0.4 is 5.32 Å². The topological polar surface area (TPSA) is 12.0 Å². The monoisotopic (exact) mass is 373 g/mol. The van der Waals surface area contributed by atoms with E-state index in [1.165, 1.54) is 24.9 Å². The molecule has 4 heteroatoms. The lowest BCUT2D eigenvalue weighted by molar-refractivity contribution is 0.699. The molecule has 0 aliphatic rings. The quantitative estimate of drug-likeness (QED) is 0.804. The van der Waals surface area contributed by atoms with Gasteiger partial charge in [-0.05, 0) is 51.5 Å². The third-order valence-electron chi connectivity index (χ3n) is 2.53. The molecule has 1 aromatic heterocycles. The van der Waals surface area contributed by atoms with Crippen molar-refractivity contribution in [2.24, 2.45) is 0 Å². The molecule has 0 saturated heterocycles. The highest BCUT2D eigenvalue weighted by atomic mass is 79.9. The molecule has 1 N–H and O–H groups in total. The van der Waals surface area contributed by atoms with Crippen molar-refractivity contribution in [1.29, 1.82) is 0 Å². The van der Waals surface area contributed by atoms with E-state index >= 15 is 0 Å². The first kappa shape index (κ1) is 13.3. The zero-order valence-corrected chi connectivity index (χ0v) is 13.5. The first-order chi connectivity index (χ1) is 8.16. The summed E-state index contributed by atoms with van der Waals surface area (Å²) in [6.45, 7) is 3.93. The molecule has 0 aliphatic heterocycles. The minimum atomic E-state index is 0.901. The van der Waals surface area contributed by atoms with E-state index in [0.717, 1.165) is 13.1 Å². The molecule has 0 amide bonds. The van der Waals surface area contributed by atoms with Gasteiger partial charge in [0.2, 0.25) is 0 Å². The van der Waals surface area contributed by atoms with Crippen LogP contribution in [0.3, 0.4) is 0 Å². The van der Waals surface area contributed by atoms with Crippen LogP contribution in [-0.2, 0) is 13.1 Å². The predicted octanol–water partition coefficient (Wildman–Crippen LogP) is 4.87. The lowest BCUT2D eigenvalue weighted by atomic mass is 10.1. The fourth-order valence-electron chi connectivity index (χ4n) is 1.59. The highest BCUT2D eigenvalue weighted by Gasteiger charge is 2.01. The average Bonchev–Trinajstić information content (AvgIpc) is 2.70. The zero-order valence-electron chi connectivity index (χ0n) is 9.47. The van der Waals surface area contributed by atoms with Crippen molar-refractivity contribution in [3.63, 3.8) is 0 Å². The average molecular weight is 375 g/mol. The molecule has 1 aromatic carbocycles. The number of aryl methyl sites for hydroxylation is 1. The van der Waals surface area contributed by atoms with Crippen LogP contribution in [0.2, 0.25) is 0 Å². The van der Waals surface area contributed by atoms with Crippen LogP contribution in [0.15, 0.2) is 38.6 Å². The Labute approximate surface area is 123 Å². The molecule has 2 aromatic rings. The van der Waals surface area contributed by atoms with Crippen LogP contribution >= 0.6 is 43.2 Å². The molecule has 0 saturated carbocycles. The molecule has 0 atom stereocenters. The molecule has 0 radical (unpaired) electrons. The van der Waals surface area contributed by atoms with Crippen molar-refractivity contribution in [2.45, 2.75) is 20.0 Å². The van der Waals surface area contributed by atoms with Crippen LogP contribution in [0.1, 0.15) is 16.0 Å². The van der Waals surface area contributed by atoms with Crippen molar-refractivity contribution >= 4 is 43.2 Å². The van der Waals surface area contributed by atoms with Gasteiger partial charge in [-0.25, -0.2) is 0 Å². The second-order valence-electron chi connectivity index (χ2n) is 3.88. The number of halogens is 2. The van der Waals surface area contributed by atoms with Gasteiger partial charge in [-0.2, -0.15) is 0 Å². The van der Waals surface area contributed by atoms with E-state index in [9.17, 15) is 0 Å². The summed E-state index contributed by atoms with van der Waals surface area (Å²) in [6.07, 6.45) is 0. The van der Waals surface area contributed by atoms with Gasteiger partial charge in [0.1, 0.15) is 0 Å². The normalized spacial score (nSPS) is 10.8. The van der Waals surface area contributed by atoms with Gasteiger partial charge < -0.3 is 5.32 Å². The van der Waals surface area contributed by atoms with Gasteiger partial charge in [0, 0.05) is 26.9 Å². The number of hydrogen-bond donors (Lipinski definition) is 1. The third kappa shape index (κ3) is 3.65. The summed E-state index contributed by atoms with van der Waals surface area (Å²) in [5.41, 5.74) is 2.60. The molecule has 2 rings (SSSR count). The van der Waals surface area contributed by atoms with E-state index in [2.05, 4.69) is 73.7 Å². The zero-order chi connectivity index (χ0) is 12.3. The van der Waals surface area contributed by atoms with E-state index in [-0.39, 0.29) is 0 Å². The lowest BCUT2D eigenvalue weighted by Crippen LogP contribution is -2.12. The number of nitrogens with one attached hydrogen (secondary N) is 1. The highest BCUT2D eigenvalue weighted by molar-refractivity contribution is 9.10. The molecule has 1 nitrogen and oxygen atoms in total. The predicted molar refractivity (Wildman–Crippen MR) is 81.4 cm³/mol. The van der Waals surface area contributed by atoms with E-state index < -0.39 is 0 Å². The molecular formula is C13H13Br2NS. The largest absolute Gasteiger partial charge is 0.308 e. The van der Waals surface area contributed by atoms with Crippen molar-refractivity contribution < 1.29 is 0 Å². The van der Waals surface area contributed by atoms with Crippen molar-refractivity contribution in [3.8, 4) is 0 Å². The number of rotatable bonds is 4. The smallest absolute Gasteiger partial charge is 0.0327 e. The molecule has 17 heavy (non-hydrogen) atoms. The fraction of sp³-hybridized carbons (Fsp3) is 0.231. The molecular weight excluding hydrogens is 362 g/mol.